The molecule has 0 aliphatic heterocycles. The fraction of sp³-hybridized carbons (Fsp3) is 0.318. The molecule has 6 N–H and O–H groups in total. The lowest BCUT2D eigenvalue weighted by molar-refractivity contribution is -0.150. The molecule has 0 spiro atoms. The lowest BCUT2D eigenvalue weighted by Crippen LogP contribution is -2.52. The summed E-state index contributed by atoms with van der Waals surface area (Å²) < 4.78 is 65.3. The van der Waals surface area contributed by atoms with Gasteiger partial charge >= 0.3 is 30.9 Å². The fourth-order valence-corrected chi connectivity index (χ4v) is 8.93. The number of nitrogens with zero attached hydrogens (tertiary/aromatic N) is 1. The van der Waals surface area contributed by atoms with E-state index < -0.39 is 54.3 Å². The number of hydrogen-bond acceptors (Lipinski definition) is 17. The Hall–Kier alpha value is -9.06. The number of esters is 1. The highest BCUT2D eigenvalue weighted by atomic mass is 35.5. The predicted octanol–water partition coefficient (Wildman–Crippen LogP) is 15.9. The van der Waals surface area contributed by atoms with Crippen LogP contribution in [0.3, 0.4) is 0 Å². The number of nitriles is 1. The maximum atomic E-state index is 13.0. The predicted molar refractivity (Wildman–Crippen MR) is 365 cm³/mol. The minimum atomic E-state index is -2.93. The number of nitrogens with one attached hydrogen (secondary N) is 6. The van der Waals surface area contributed by atoms with E-state index in [-0.39, 0.29) is 39.7 Å². The van der Waals surface area contributed by atoms with E-state index in [1.165, 1.54) is 38.5 Å². The highest BCUT2D eigenvalue weighted by molar-refractivity contribution is 7.80. The molecule has 0 aliphatic rings. The topological polar surface area (TPSA) is 272 Å². The molecule has 0 aromatic heterocycles. The number of carbonyl (C=O) groups is 6. The van der Waals surface area contributed by atoms with Crippen molar-refractivity contribution in [2.75, 3.05) is 49.3 Å². The fourth-order valence-electron chi connectivity index (χ4n) is 7.76. The Bertz CT molecular complexity index is 3480. The summed E-state index contributed by atoms with van der Waals surface area (Å²) in [4.78, 5) is 70.7. The van der Waals surface area contributed by atoms with E-state index >= 15 is 0 Å². The molecule has 4 amide bonds. The van der Waals surface area contributed by atoms with E-state index in [1.54, 1.807) is 126 Å². The van der Waals surface area contributed by atoms with E-state index in [4.69, 9.17) is 82.9 Å². The summed E-state index contributed by atoms with van der Waals surface area (Å²) in [5.74, 6) is 0.166. The Morgan fingerprint density at radius 3 is 1.67 bits per heavy atom. The van der Waals surface area contributed by atoms with Crippen molar-refractivity contribution in [1.29, 1.82) is 5.26 Å². The van der Waals surface area contributed by atoms with Gasteiger partial charge in [0, 0.05) is 32.9 Å². The number of para-hydroxylation sites is 3. The number of methoxy groups -OCH3 is 2. The summed E-state index contributed by atoms with van der Waals surface area (Å²) in [6.45, 7) is 14.4. The zero-order valence-electron chi connectivity index (χ0n) is 53.3. The minimum absolute atomic E-state index is 0.00486. The summed E-state index contributed by atoms with van der Waals surface area (Å²) in [5.41, 5.74) is 2.76. The first-order valence-corrected chi connectivity index (χ1v) is 30.9. The molecule has 21 nitrogen and oxygen atoms in total. The number of ether oxygens (including phenoxy) is 8. The van der Waals surface area contributed by atoms with Crippen LogP contribution in [0.2, 0.25) is 10.0 Å². The Morgan fingerprint density at radius 2 is 1.18 bits per heavy atom. The maximum absolute atomic E-state index is 13.0. The molecular formula is C66H74Cl3F2N7O14S2. The number of hydrogen-bond donors (Lipinski definition) is 6. The van der Waals surface area contributed by atoms with Crippen LogP contribution < -0.4 is 50.8 Å². The summed E-state index contributed by atoms with van der Waals surface area (Å²) in [5, 5.41) is 26.1. The van der Waals surface area contributed by atoms with Gasteiger partial charge in [-0.1, -0.05) is 98.6 Å². The third-order valence-corrected chi connectivity index (χ3v) is 14.0. The zero-order valence-corrected chi connectivity index (χ0v) is 57.2. The quantitative estimate of drug-likeness (QED) is 0.0159. The van der Waals surface area contributed by atoms with Gasteiger partial charge in [-0.3, -0.25) is 30.3 Å². The molecule has 504 valence electrons. The third-order valence-electron chi connectivity index (χ3n) is 12.6. The molecule has 0 saturated carbocycles. The van der Waals surface area contributed by atoms with Gasteiger partial charge in [0.2, 0.25) is 6.10 Å². The van der Waals surface area contributed by atoms with Crippen molar-refractivity contribution >= 4 is 122 Å². The Labute approximate surface area is 570 Å². The number of thiocarbonyl (C=S) groups is 2. The molecule has 0 fully saturated rings. The van der Waals surface area contributed by atoms with Crippen molar-refractivity contribution in [1.82, 2.24) is 16.0 Å². The number of halogens is 5. The summed E-state index contributed by atoms with van der Waals surface area (Å²) in [7, 11) is 2.45. The van der Waals surface area contributed by atoms with Crippen LogP contribution in [0.5, 0.6) is 28.7 Å². The van der Waals surface area contributed by atoms with Crippen LogP contribution in [0.4, 0.5) is 40.2 Å². The van der Waals surface area contributed by atoms with Gasteiger partial charge in [0.15, 0.2) is 27.5 Å². The normalized spacial score (nSPS) is 11.6. The molecule has 6 rings (SSSR count). The lowest BCUT2D eigenvalue weighted by Gasteiger charge is -2.27. The highest BCUT2D eigenvalue weighted by Gasteiger charge is 2.33. The van der Waals surface area contributed by atoms with Crippen molar-refractivity contribution in [2.45, 2.75) is 99.0 Å². The molecule has 6 aromatic carbocycles. The second-order valence-electron chi connectivity index (χ2n) is 20.2. The van der Waals surface area contributed by atoms with Gasteiger partial charge in [-0.05, 0) is 162 Å². The van der Waals surface area contributed by atoms with Crippen LogP contribution in [0.15, 0.2) is 133 Å². The van der Waals surface area contributed by atoms with Gasteiger partial charge in [0.1, 0.15) is 23.3 Å². The largest absolute Gasteiger partial charge is 0.490 e. The van der Waals surface area contributed by atoms with Crippen LogP contribution >= 0.6 is 59.2 Å². The van der Waals surface area contributed by atoms with Crippen LogP contribution in [0, 0.1) is 24.2 Å². The molecule has 28 heteroatoms. The SMILES string of the molecule is CC(C)C(C(=O)OC(C#N)c1cccc(Oc2ccccc2)c1)c1ccc(OC(F)F)cc1.CCC(C)(NC(=O)c1cc(Cl)c(C)c(Cl)c1)C(=O)CCl.CCOc1ccc(NC(=O)OC(C)C)cc1OCC.COC(=O)NC(=S)Nc1ccccc1NC(=S)NC(=O)OC. The first kappa shape index (κ1) is 79.2. The number of amides is 4. The van der Waals surface area contributed by atoms with E-state index in [0.29, 0.717) is 92.0 Å². The number of ketones is 1. The van der Waals surface area contributed by atoms with Crippen LogP contribution in [0.25, 0.3) is 0 Å². The van der Waals surface area contributed by atoms with E-state index in [2.05, 4.69) is 46.1 Å². The van der Waals surface area contributed by atoms with E-state index in [0.717, 1.165) is 0 Å². The average Bonchev–Trinajstić information content (AvgIpc) is 1.27. The van der Waals surface area contributed by atoms with Gasteiger partial charge in [0.05, 0.1) is 62.2 Å². The monoisotopic (exact) mass is 1400 g/mol. The Kier molecular flexibility index (Phi) is 34.4. The lowest BCUT2D eigenvalue weighted by atomic mass is 9.88. The summed E-state index contributed by atoms with van der Waals surface area (Å²) in [6.07, 6.45) is -2.72. The minimum Gasteiger partial charge on any atom is -0.490 e. The van der Waals surface area contributed by atoms with Crippen LogP contribution in [-0.4, -0.2) is 97.7 Å². The number of alkyl halides is 3. The van der Waals surface area contributed by atoms with Gasteiger partial charge < -0.3 is 53.8 Å². The van der Waals surface area contributed by atoms with Crippen molar-refractivity contribution in [3.8, 4) is 34.8 Å². The number of carbonyl (C=O) groups excluding carboxylic acids is 6. The third kappa shape index (κ3) is 27.3. The van der Waals surface area contributed by atoms with Gasteiger partial charge in [-0.15, -0.1) is 11.6 Å². The standard InChI is InChI=1S/C26H23F2NO4.C14H16Cl3NO2.C14H21NO4.C12H14N4O4S2/c1-17(2)24(18-11-13-21(14-12-18)32-26(27)28)25(30)33-23(16-29)19-7-6-10-22(15-19)31-20-8-4-3-5-9-20;1-4-14(3,12(19)7-15)18-13(20)9-5-10(16)8(2)11(17)6-9;1-5-17-12-8-7-11(9-13(12)18-6-2)15-14(16)19-10(3)4;1-19-11(17)15-9(21)13-7-5-3-4-6-8(7)14-10(22)16-12(18)20-2/h3-15,17,23-24,26H,1-2H3;5-6H,4,7H2,1-3H3,(H,18,20);7-10H,5-6H2,1-4H3,(H,15,16);3-6H,1-2H3,(H2,13,15,17,21)(H2,14,16,18,22). The average molecular weight is 1400 g/mol. The van der Waals surface area contributed by atoms with Crippen molar-refractivity contribution < 1.29 is 75.4 Å². The molecule has 0 radical (unpaired) electrons. The second kappa shape index (κ2) is 40.8. The van der Waals surface area contributed by atoms with Gasteiger partial charge in [0.25, 0.3) is 5.91 Å². The Morgan fingerprint density at radius 1 is 0.638 bits per heavy atom. The molecule has 0 saturated heterocycles. The number of benzene rings is 6. The molecule has 6 aromatic rings. The summed E-state index contributed by atoms with van der Waals surface area (Å²) in [6, 6.07) is 39.0. The maximum Gasteiger partial charge on any atom is 0.413 e. The summed E-state index contributed by atoms with van der Waals surface area (Å²) >= 11 is 27.5. The molecule has 3 unspecified atom stereocenters. The van der Waals surface area contributed by atoms with Crippen molar-refractivity contribution in [3.05, 3.63) is 166 Å². The molecule has 3 atom stereocenters. The smallest absolute Gasteiger partial charge is 0.413 e. The number of Topliss-reactive ketones (excluding diaryl/α,β-unsaturated/α-hetero) is 1. The number of alkyl carbamates (subject to hydrolysis) is 2. The second-order valence-corrected chi connectivity index (χ2v) is 22.1. The number of anilines is 3. The Balaban J connectivity index is 0.000000337. The van der Waals surface area contributed by atoms with Crippen LogP contribution in [-0.2, 0) is 28.5 Å². The first-order valence-electron chi connectivity index (χ1n) is 28.8. The molecule has 94 heavy (non-hydrogen) atoms. The molecule has 0 aliphatic carbocycles. The number of rotatable bonds is 22. The highest BCUT2D eigenvalue weighted by Crippen LogP contribution is 2.34. The van der Waals surface area contributed by atoms with Crippen molar-refractivity contribution in [2.24, 2.45) is 5.92 Å². The van der Waals surface area contributed by atoms with Gasteiger partial charge in [-0.2, -0.15) is 14.0 Å². The zero-order chi connectivity index (χ0) is 70.1. The van der Waals surface area contributed by atoms with Crippen LogP contribution in [0.1, 0.15) is 101 Å². The van der Waals surface area contributed by atoms with Gasteiger partial charge in [-0.25, -0.2) is 14.4 Å². The molecule has 0 heterocycles. The first-order chi connectivity index (χ1) is 44.6. The molecule has 0 bridgehead atoms. The van der Waals surface area contributed by atoms with E-state index in [9.17, 15) is 42.8 Å². The van der Waals surface area contributed by atoms with E-state index in [1.807, 2.05) is 52.0 Å². The van der Waals surface area contributed by atoms with Crippen molar-refractivity contribution in [3.63, 3.8) is 0 Å². The molecular weight excluding hydrogens is 1320 g/mol.